The number of aromatic nitrogens is 2. The number of anilines is 1. The lowest BCUT2D eigenvalue weighted by Gasteiger charge is -2.23. The summed E-state index contributed by atoms with van der Waals surface area (Å²) < 4.78 is 1.81. The van der Waals surface area contributed by atoms with Gasteiger partial charge >= 0.3 is 0 Å². The number of carbonyl (C=O) groups is 1. The van der Waals surface area contributed by atoms with Crippen molar-refractivity contribution in [3.63, 3.8) is 0 Å². The first-order valence-corrected chi connectivity index (χ1v) is 7.72. The minimum atomic E-state index is 0.0639. The van der Waals surface area contributed by atoms with Crippen molar-refractivity contribution in [2.24, 2.45) is 18.9 Å². The van der Waals surface area contributed by atoms with Crippen molar-refractivity contribution in [1.29, 1.82) is 0 Å². The number of likely N-dealkylation sites (tertiary alicyclic amines) is 1. The lowest BCUT2D eigenvalue weighted by Crippen LogP contribution is -2.39. The van der Waals surface area contributed by atoms with Crippen molar-refractivity contribution in [1.82, 2.24) is 20.0 Å². The first-order chi connectivity index (χ1) is 9.97. The number of rotatable bonds is 3. The molecule has 2 saturated heterocycles. The molecule has 116 valence electrons. The number of aryl methyl sites for hydroxylation is 2. The quantitative estimate of drug-likeness (QED) is 0.852. The van der Waals surface area contributed by atoms with E-state index in [9.17, 15) is 4.79 Å². The van der Waals surface area contributed by atoms with Crippen molar-refractivity contribution in [2.45, 2.75) is 26.8 Å². The highest BCUT2D eigenvalue weighted by molar-refractivity contribution is 5.93. The smallest absolute Gasteiger partial charge is 0.238 e. The second-order valence-electron chi connectivity index (χ2n) is 6.47. The number of fused-ring (bicyclic) bond motifs is 1. The molecule has 2 N–H and O–H groups in total. The molecule has 0 radical (unpaired) electrons. The van der Waals surface area contributed by atoms with E-state index in [0.29, 0.717) is 24.4 Å². The van der Waals surface area contributed by atoms with Crippen molar-refractivity contribution in [3.05, 3.63) is 11.4 Å². The molecule has 3 atom stereocenters. The fourth-order valence-corrected chi connectivity index (χ4v) is 3.78. The standard InChI is InChI=1S/C15H25N5O/c1-9-15(11(3)19(4)18-9)17-14(21)8-20-7-12-5-16-6-13(12)10(20)2/h10,12-13,16H,5-8H2,1-4H3,(H,17,21). The van der Waals surface area contributed by atoms with Crippen LogP contribution in [0.5, 0.6) is 0 Å². The van der Waals surface area contributed by atoms with Gasteiger partial charge < -0.3 is 10.6 Å². The Morgan fingerprint density at radius 1 is 1.43 bits per heavy atom. The van der Waals surface area contributed by atoms with Crippen LogP contribution in [-0.2, 0) is 11.8 Å². The Kier molecular flexibility index (Phi) is 3.75. The van der Waals surface area contributed by atoms with Gasteiger partial charge in [-0.2, -0.15) is 5.10 Å². The summed E-state index contributed by atoms with van der Waals surface area (Å²) in [5.74, 6) is 1.46. The first-order valence-electron chi connectivity index (χ1n) is 7.72. The summed E-state index contributed by atoms with van der Waals surface area (Å²) in [4.78, 5) is 14.7. The first kappa shape index (κ1) is 14.5. The molecular formula is C15H25N5O. The van der Waals surface area contributed by atoms with Gasteiger partial charge in [-0.25, -0.2) is 0 Å². The molecule has 1 aromatic heterocycles. The van der Waals surface area contributed by atoms with E-state index in [1.165, 1.54) is 0 Å². The third-order valence-corrected chi connectivity index (χ3v) is 5.18. The van der Waals surface area contributed by atoms with Gasteiger partial charge in [0.05, 0.1) is 23.6 Å². The van der Waals surface area contributed by atoms with Crippen LogP contribution in [0.1, 0.15) is 18.3 Å². The monoisotopic (exact) mass is 291 g/mol. The topological polar surface area (TPSA) is 62.2 Å². The van der Waals surface area contributed by atoms with Gasteiger partial charge in [0.15, 0.2) is 0 Å². The molecule has 6 nitrogen and oxygen atoms in total. The Hall–Kier alpha value is -1.40. The van der Waals surface area contributed by atoms with Crippen LogP contribution in [0.25, 0.3) is 0 Å². The largest absolute Gasteiger partial charge is 0.322 e. The summed E-state index contributed by atoms with van der Waals surface area (Å²) in [6.07, 6.45) is 0. The van der Waals surface area contributed by atoms with E-state index in [0.717, 1.165) is 36.7 Å². The Morgan fingerprint density at radius 3 is 2.81 bits per heavy atom. The Labute approximate surface area is 125 Å². The zero-order valence-corrected chi connectivity index (χ0v) is 13.3. The zero-order valence-electron chi connectivity index (χ0n) is 13.3. The van der Waals surface area contributed by atoms with Crippen LogP contribution in [0.4, 0.5) is 5.69 Å². The van der Waals surface area contributed by atoms with Gasteiger partial charge in [0.25, 0.3) is 0 Å². The molecule has 3 unspecified atom stereocenters. The minimum absolute atomic E-state index is 0.0639. The van der Waals surface area contributed by atoms with E-state index in [2.05, 4.69) is 27.6 Å². The van der Waals surface area contributed by atoms with Crippen molar-refractivity contribution >= 4 is 11.6 Å². The molecule has 21 heavy (non-hydrogen) atoms. The van der Waals surface area contributed by atoms with E-state index in [1.54, 1.807) is 4.68 Å². The van der Waals surface area contributed by atoms with E-state index in [-0.39, 0.29) is 5.91 Å². The highest BCUT2D eigenvalue weighted by Crippen LogP contribution is 2.32. The molecule has 1 aromatic rings. The zero-order chi connectivity index (χ0) is 15.1. The summed E-state index contributed by atoms with van der Waals surface area (Å²) in [6, 6.07) is 0.479. The maximum absolute atomic E-state index is 12.3. The van der Waals surface area contributed by atoms with Crippen LogP contribution >= 0.6 is 0 Å². The molecular weight excluding hydrogens is 266 g/mol. The van der Waals surface area contributed by atoms with E-state index in [4.69, 9.17) is 0 Å². The Morgan fingerprint density at radius 2 is 2.19 bits per heavy atom. The van der Waals surface area contributed by atoms with Crippen molar-refractivity contribution in [2.75, 3.05) is 31.5 Å². The van der Waals surface area contributed by atoms with E-state index in [1.807, 2.05) is 20.9 Å². The maximum Gasteiger partial charge on any atom is 0.238 e. The third-order valence-electron chi connectivity index (χ3n) is 5.18. The van der Waals surface area contributed by atoms with Gasteiger partial charge in [-0.3, -0.25) is 14.4 Å². The van der Waals surface area contributed by atoms with Crippen LogP contribution in [0, 0.1) is 25.7 Å². The summed E-state index contributed by atoms with van der Waals surface area (Å²) in [5.41, 5.74) is 2.73. The van der Waals surface area contributed by atoms with Crippen LogP contribution in [0.2, 0.25) is 0 Å². The fraction of sp³-hybridized carbons (Fsp3) is 0.733. The summed E-state index contributed by atoms with van der Waals surface area (Å²) in [5, 5.41) is 10.8. The van der Waals surface area contributed by atoms with E-state index >= 15 is 0 Å². The molecule has 0 spiro atoms. The van der Waals surface area contributed by atoms with Crippen LogP contribution in [0.15, 0.2) is 0 Å². The Bertz CT molecular complexity index is 553. The molecule has 2 aliphatic heterocycles. The van der Waals surface area contributed by atoms with E-state index < -0.39 is 0 Å². The SMILES string of the molecule is Cc1nn(C)c(C)c1NC(=O)CN1CC2CNCC2C1C. The number of hydrogen-bond acceptors (Lipinski definition) is 4. The molecule has 2 aliphatic rings. The summed E-state index contributed by atoms with van der Waals surface area (Å²) in [7, 11) is 1.90. The molecule has 3 rings (SSSR count). The number of nitrogens with one attached hydrogen (secondary N) is 2. The highest BCUT2D eigenvalue weighted by atomic mass is 16.2. The number of hydrogen-bond donors (Lipinski definition) is 2. The predicted octanol–water partition coefficient (Wildman–Crippen LogP) is 0.515. The molecule has 0 aromatic carbocycles. The maximum atomic E-state index is 12.3. The van der Waals surface area contributed by atoms with Gasteiger partial charge in [-0.1, -0.05) is 0 Å². The fourth-order valence-electron chi connectivity index (χ4n) is 3.78. The van der Waals surface area contributed by atoms with Gasteiger partial charge in [-0.05, 0) is 45.7 Å². The predicted molar refractivity (Wildman–Crippen MR) is 82.2 cm³/mol. The molecule has 0 saturated carbocycles. The normalized spacial score (nSPS) is 28.9. The van der Waals surface area contributed by atoms with Crippen molar-refractivity contribution in [3.8, 4) is 0 Å². The molecule has 0 aliphatic carbocycles. The number of amides is 1. The lowest BCUT2D eigenvalue weighted by atomic mass is 9.95. The third kappa shape index (κ3) is 2.58. The van der Waals surface area contributed by atoms with Gasteiger partial charge in [0, 0.05) is 19.6 Å². The molecule has 3 heterocycles. The second kappa shape index (κ2) is 5.42. The minimum Gasteiger partial charge on any atom is -0.322 e. The molecule has 6 heteroatoms. The van der Waals surface area contributed by atoms with Gasteiger partial charge in [0.1, 0.15) is 0 Å². The van der Waals surface area contributed by atoms with Gasteiger partial charge in [-0.15, -0.1) is 0 Å². The van der Waals surface area contributed by atoms with Crippen LogP contribution < -0.4 is 10.6 Å². The second-order valence-corrected chi connectivity index (χ2v) is 6.47. The van der Waals surface area contributed by atoms with Crippen LogP contribution in [0.3, 0.4) is 0 Å². The lowest BCUT2D eigenvalue weighted by molar-refractivity contribution is -0.117. The van der Waals surface area contributed by atoms with Crippen molar-refractivity contribution < 1.29 is 4.79 Å². The molecule has 0 bridgehead atoms. The van der Waals surface area contributed by atoms with Gasteiger partial charge in [0.2, 0.25) is 5.91 Å². The number of carbonyl (C=O) groups excluding carboxylic acids is 1. The summed E-state index contributed by atoms with van der Waals surface area (Å²) >= 11 is 0. The summed E-state index contributed by atoms with van der Waals surface area (Å²) in [6.45, 7) is 9.82. The number of nitrogens with zero attached hydrogens (tertiary/aromatic N) is 3. The molecule has 2 fully saturated rings. The highest BCUT2D eigenvalue weighted by Gasteiger charge is 2.42. The molecule has 1 amide bonds. The average molecular weight is 291 g/mol. The Balaban J connectivity index is 1.62. The average Bonchev–Trinajstić information content (AvgIpc) is 3.05. The van der Waals surface area contributed by atoms with Crippen LogP contribution in [-0.4, -0.2) is 52.8 Å².